The van der Waals surface area contributed by atoms with Gasteiger partial charge in [-0.25, -0.2) is 0 Å². The Kier molecular flexibility index (Phi) is 4.25. The minimum Gasteiger partial charge on any atom is -0.385 e. The van der Waals surface area contributed by atoms with Crippen LogP contribution in [-0.4, -0.2) is 22.2 Å². The summed E-state index contributed by atoms with van der Waals surface area (Å²) < 4.78 is 0. The van der Waals surface area contributed by atoms with E-state index in [1.807, 2.05) is 11.8 Å². The Morgan fingerprint density at radius 2 is 1.88 bits per heavy atom. The molecule has 2 heteroatoms. The Hall–Kier alpha value is 0.0500. The zero-order valence-corrected chi connectivity index (χ0v) is 12.1. The Bertz CT molecular complexity index is 295. The van der Waals surface area contributed by atoms with E-state index in [1.165, 1.54) is 43.4 Å². The molecule has 98 valence electrons. The number of hydrogen-bond donors (Lipinski definition) is 1. The van der Waals surface area contributed by atoms with Crippen molar-refractivity contribution in [3.63, 3.8) is 0 Å². The topological polar surface area (TPSA) is 20.2 Å². The number of allylic oxidation sites excluding steroid dienone is 1. The largest absolute Gasteiger partial charge is 0.385 e. The molecule has 0 amide bonds. The third-order valence-electron chi connectivity index (χ3n) is 3.99. The zero-order valence-electron chi connectivity index (χ0n) is 11.3. The number of rotatable bonds is 1. The third-order valence-corrected chi connectivity index (χ3v) is 5.66. The molecule has 1 aliphatic carbocycles. The van der Waals surface area contributed by atoms with Crippen LogP contribution in [-0.2, 0) is 0 Å². The minimum atomic E-state index is -0.510. The maximum absolute atomic E-state index is 11.0. The number of hydrogen-bond acceptors (Lipinski definition) is 2. The molecular weight excluding hydrogens is 228 g/mol. The second-order valence-corrected chi connectivity index (χ2v) is 7.53. The van der Waals surface area contributed by atoms with Crippen molar-refractivity contribution in [2.45, 2.75) is 64.4 Å². The summed E-state index contributed by atoms with van der Waals surface area (Å²) in [4.78, 5) is 0. The maximum atomic E-state index is 11.0. The zero-order chi connectivity index (χ0) is 12.4. The molecule has 1 aliphatic heterocycles. The fraction of sp³-hybridized carbons (Fsp3) is 0.867. The van der Waals surface area contributed by atoms with Gasteiger partial charge in [0.25, 0.3) is 0 Å². The molecule has 2 aliphatic rings. The van der Waals surface area contributed by atoms with Gasteiger partial charge in [-0.3, -0.25) is 0 Å². The smallest absolute Gasteiger partial charge is 0.0952 e. The quantitative estimate of drug-likeness (QED) is 0.709. The van der Waals surface area contributed by atoms with Crippen LogP contribution in [0.15, 0.2) is 11.6 Å². The lowest BCUT2D eigenvalue weighted by atomic mass is 9.76. The van der Waals surface area contributed by atoms with E-state index in [9.17, 15) is 5.11 Å². The molecule has 17 heavy (non-hydrogen) atoms. The van der Waals surface area contributed by atoms with Crippen molar-refractivity contribution < 1.29 is 5.11 Å². The summed E-state index contributed by atoms with van der Waals surface area (Å²) in [7, 11) is 0. The van der Waals surface area contributed by atoms with E-state index in [1.54, 1.807) is 0 Å². The van der Waals surface area contributed by atoms with Crippen LogP contribution in [0.1, 0.15) is 58.8 Å². The molecule has 1 unspecified atom stereocenters. The predicted octanol–water partition coefficient (Wildman–Crippen LogP) is 4.16. The fourth-order valence-electron chi connectivity index (χ4n) is 3.21. The highest BCUT2D eigenvalue weighted by Gasteiger charge is 2.41. The van der Waals surface area contributed by atoms with Gasteiger partial charge in [0.2, 0.25) is 0 Å². The summed E-state index contributed by atoms with van der Waals surface area (Å²) in [6.45, 7) is 4.57. The average molecular weight is 254 g/mol. The first-order valence-electron chi connectivity index (χ1n) is 7.02. The molecule has 1 atom stereocenters. The van der Waals surface area contributed by atoms with Gasteiger partial charge in [-0.05, 0) is 48.8 Å². The molecule has 0 aromatic carbocycles. The van der Waals surface area contributed by atoms with Gasteiger partial charge >= 0.3 is 0 Å². The van der Waals surface area contributed by atoms with Crippen LogP contribution >= 0.6 is 11.8 Å². The second kappa shape index (κ2) is 5.36. The summed E-state index contributed by atoms with van der Waals surface area (Å²) in [6, 6.07) is 0. The Balaban J connectivity index is 2.12. The minimum absolute atomic E-state index is 0.279. The Morgan fingerprint density at radius 1 is 1.12 bits per heavy atom. The molecule has 0 bridgehead atoms. The summed E-state index contributed by atoms with van der Waals surface area (Å²) in [5.41, 5.74) is 1.11. The molecule has 1 N–H and O–H groups in total. The van der Waals surface area contributed by atoms with Crippen molar-refractivity contribution in [3.05, 3.63) is 11.6 Å². The first kappa shape index (κ1) is 13.5. The van der Waals surface area contributed by atoms with Crippen molar-refractivity contribution >= 4 is 11.8 Å². The van der Waals surface area contributed by atoms with E-state index in [0.29, 0.717) is 0 Å². The molecule has 0 saturated carbocycles. The molecule has 0 spiro atoms. The Morgan fingerprint density at radius 3 is 2.65 bits per heavy atom. The number of aliphatic hydroxyl groups is 1. The van der Waals surface area contributed by atoms with Crippen LogP contribution in [0, 0.1) is 5.41 Å². The van der Waals surface area contributed by atoms with Crippen LogP contribution in [0.3, 0.4) is 0 Å². The average Bonchev–Trinajstić information content (AvgIpc) is 2.13. The van der Waals surface area contributed by atoms with Crippen molar-refractivity contribution in [3.8, 4) is 0 Å². The monoisotopic (exact) mass is 254 g/mol. The molecule has 1 nitrogen and oxygen atoms in total. The SMILES string of the molecule is CC1(C)CSCC(O)(C2=CCCCCCC2)C1. The highest BCUT2D eigenvalue weighted by atomic mass is 32.2. The first-order valence-corrected chi connectivity index (χ1v) is 8.17. The van der Waals surface area contributed by atoms with Crippen LogP contribution in [0.5, 0.6) is 0 Å². The van der Waals surface area contributed by atoms with E-state index in [-0.39, 0.29) is 5.41 Å². The van der Waals surface area contributed by atoms with Crippen LogP contribution < -0.4 is 0 Å². The van der Waals surface area contributed by atoms with Gasteiger partial charge in [-0.2, -0.15) is 11.8 Å². The van der Waals surface area contributed by atoms with E-state index in [0.717, 1.165) is 18.6 Å². The first-order chi connectivity index (χ1) is 8.02. The molecule has 1 saturated heterocycles. The lowest BCUT2D eigenvalue weighted by Crippen LogP contribution is -2.44. The molecule has 0 aromatic rings. The summed E-state index contributed by atoms with van der Waals surface area (Å²) in [5, 5.41) is 11.0. The lowest BCUT2D eigenvalue weighted by molar-refractivity contribution is 0.0495. The highest BCUT2D eigenvalue weighted by Crippen LogP contribution is 2.44. The molecule has 1 heterocycles. The maximum Gasteiger partial charge on any atom is 0.0952 e. The second-order valence-electron chi connectivity index (χ2n) is 6.55. The third kappa shape index (κ3) is 3.51. The van der Waals surface area contributed by atoms with Crippen molar-refractivity contribution in [2.75, 3.05) is 11.5 Å². The molecular formula is C15H26OS. The molecule has 0 aromatic heterocycles. The van der Waals surface area contributed by atoms with E-state index < -0.39 is 5.60 Å². The van der Waals surface area contributed by atoms with Gasteiger partial charge in [0, 0.05) is 5.75 Å². The molecule has 2 rings (SSSR count). The summed E-state index contributed by atoms with van der Waals surface area (Å²) >= 11 is 1.92. The summed E-state index contributed by atoms with van der Waals surface area (Å²) in [6.07, 6.45) is 10.8. The van der Waals surface area contributed by atoms with E-state index in [2.05, 4.69) is 19.9 Å². The number of thioether (sulfide) groups is 1. The summed E-state index contributed by atoms with van der Waals surface area (Å²) in [5.74, 6) is 2.09. The van der Waals surface area contributed by atoms with Crippen molar-refractivity contribution in [1.29, 1.82) is 0 Å². The van der Waals surface area contributed by atoms with Gasteiger partial charge in [0.15, 0.2) is 0 Å². The van der Waals surface area contributed by atoms with E-state index in [4.69, 9.17) is 0 Å². The highest BCUT2D eigenvalue weighted by molar-refractivity contribution is 7.99. The van der Waals surface area contributed by atoms with Gasteiger partial charge in [-0.15, -0.1) is 0 Å². The normalized spacial score (nSPS) is 34.6. The predicted molar refractivity (Wildman–Crippen MR) is 76.5 cm³/mol. The van der Waals surface area contributed by atoms with Crippen LogP contribution in [0.25, 0.3) is 0 Å². The van der Waals surface area contributed by atoms with Crippen molar-refractivity contribution in [2.24, 2.45) is 5.41 Å². The molecule has 1 fully saturated rings. The van der Waals surface area contributed by atoms with Crippen LogP contribution in [0.2, 0.25) is 0 Å². The standard InChI is InChI=1S/C15H26OS/c1-14(2)10-15(16,12-17-11-14)13-8-6-4-3-5-7-9-13/h8,16H,3-7,9-12H2,1-2H3. The lowest BCUT2D eigenvalue weighted by Gasteiger charge is -2.43. The van der Waals surface area contributed by atoms with Gasteiger partial charge in [-0.1, -0.05) is 32.8 Å². The van der Waals surface area contributed by atoms with E-state index >= 15 is 0 Å². The molecule has 0 radical (unpaired) electrons. The van der Waals surface area contributed by atoms with Crippen LogP contribution in [0.4, 0.5) is 0 Å². The fourth-order valence-corrected chi connectivity index (χ4v) is 4.59. The Labute approximate surface area is 110 Å². The van der Waals surface area contributed by atoms with Crippen molar-refractivity contribution in [1.82, 2.24) is 0 Å². The van der Waals surface area contributed by atoms with Gasteiger partial charge in [0.05, 0.1) is 5.60 Å². The van der Waals surface area contributed by atoms with Gasteiger partial charge in [0.1, 0.15) is 0 Å². The van der Waals surface area contributed by atoms with Gasteiger partial charge < -0.3 is 5.11 Å².